The number of hydrogen-bond donors (Lipinski definition) is 2. The quantitative estimate of drug-likeness (QED) is 0.241. The Hall–Kier alpha value is -4.38. The Morgan fingerprint density at radius 3 is 2.62 bits per heavy atom. The molecule has 39 heavy (non-hydrogen) atoms. The van der Waals surface area contributed by atoms with Gasteiger partial charge in [0.25, 0.3) is 0 Å². The van der Waals surface area contributed by atoms with E-state index in [2.05, 4.69) is 39.2 Å². The molecule has 2 aromatic carbocycles. The number of pyridine rings is 1. The van der Waals surface area contributed by atoms with Gasteiger partial charge in [-0.3, -0.25) is 19.6 Å². The Labute approximate surface area is 225 Å². The molecule has 0 spiro atoms. The van der Waals surface area contributed by atoms with Crippen LogP contribution in [0.3, 0.4) is 0 Å². The number of ether oxygens (including phenoxy) is 2. The molecule has 204 valence electrons. The largest absolute Gasteiger partial charge is 0.493 e. The second kappa shape index (κ2) is 11.2. The van der Waals surface area contributed by atoms with Crippen LogP contribution in [0.1, 0.15) is 30.5 Å². The number of methoxy groups -OCH3 is 2. The van der Waals surface area contributed by atoms with Crippen LogP contribution in [0.15, 0.2) is 59.5 Å². The standard InChI is InChI=1S/C28H32N6O5/c1-18-11-12-32(16-19-7-5-4-6-8-19)17-22(18)33-25-21(31-28(33)35)15-30-27(26(25)34(36)37)29-14-20-9-10-23(38-2)24(13-20)39-3/h4-10,13,15,18,22H,11-12,14,16-17H2,1-3H3,(H,29,30)(H,31,35)/t18-,22+/m1/s1. The van der Waals surface area contributed by atoms with Crippen molar-refractivity contribution in [2.75, 3.05) is 32.6 Å². The van der Waals surface area contributed by atoms with E-state index in [1.807, 2.05) is 24.3 Å². The first-order valence-corrected chi connectivity index (χ1v) is 12.9. The SMILES string of the molecule is COc1ccc(CNc2ncc3[nH]c(=O)n([C@H]4CN(Cc5ccccc5)CC[C@H]4C)c3c2[N+](=O)[O-])cc1OC. The third-order valence-electron chi connectivity index (χ3n) is 7.40. The van der Waals surface area contributed by atoms with E-state index in [9.17, 15) is 14.9 Å². The van der Waals surface area contributed by atoms with Gasteiger partial charge in [-0.05, 0) is 42.1 Å². The molecule has 0 amide bonds. The van der Waals surface area contributed by atoms with Crippen LogP contribution in [-0.4, -0.2) is 51.7 Å². The number of nitrogens with one attached hydrogen (secondary N) is 2. The maximum absolute atomic E-state index is 13.2. The molecular weight excluding hydrogens is 500 g/mol. The fourth-order valence-electron chi connectivity index (χ4n) is 5.33. The summed E-state index contributed by atoms with van der Waals surface area (Å²) >= 11 is 0. The van der Waals surface area contributed by atoms with Crippen molar-refractivity contribution in [2.24, 2.45) is 5.92 Å². The first-order valence-electron chi connectivity index (χ1n) is 12.9. The van der Waals surface area contributed by atoms with Crippen molar-refractivity contribution in [3.05, 3.63) is 86.5 Å². The van der Waals surface area contributed by atoms with Crippen LogP contribution in [0.5, 0.6) is 11.5 Å². The third-order valence-corrected chi connectivity index (χ3v) is 7.40. The Kier molecular flexibility index (Phi) is 7.51. The summed E-state index contributed by atoms with van der Waals surface area (Å²) in [5, 5.41) is 15.5. The lowest BCUT2D eigenvalue weighted by molar-refractivity contribution is -0.382. The van der Waals surface area contributed by atoms with Crippen molar-refractivity contribution in [1.82, 2.24) is 19.4 Å². The van der Waals surface area contributed by atoms with Gasteiger partial charge in [0.1, 0.15) is 0 Å². The highest BCUT2D eigenvalue weighted by molar-refractivity contribution is 5.90. The van der Waals surface area contributed by atoms with Crippen LogP contribution >= 0.6 is 0 Å². The van der Waals surface area contributed by atoms with E-state index in [1.54, 1.807) is 30.9 Å². The van der Waals surface area contributed by atoms with Gasteiger partial charge < -0.3 is 19.8 Å². The lowest BCUT2D eigenvalue weighted by Crippen LogP contribution is -2.42. The highest BCUT2D eigenvalue weighted by Gasteiger charge is 2.34. The van der Waals surface area contributed by atoms with E-state index in [0.29, 0.717) is 23.6 Å². The van der Waals surface area contributed by atoms with E-state index < -0.39 is 4.92 Å². The molecule has 1 fully saturated rings. The molecule has 2 aromatic heterocycles. The highest BCUT2D eigenvalue weighted by atomic mass is 16.6. The fourth-order valence-corrected chi connectivity index (χ4v) is 5.33. The number of nitrogens with zero attached hydrogens (tertiary/aromatic N) is 4. The summed E-state index contributed by atoms with van der Waals surface area (Å²) in [5.41, 5.74) is 2.02. The van der Waals surface area contributed by atoms with Gasteiger partial charge in [-0.2, -0.15) is 0 Å². The van der Waals surface area contributed by atoms with Crippen molar-refractivity contribution in [3.8, 4) is 11.5 Å². The predicted molar refractivity (Wildman–Crippen MR) is 148 cm³/mol. The summed E-state index contributed by atoms with van der Waals surface area (Å²) in [4.78, 5) is 34.6. The van der Waals surface area contributed by atoms with Crippen LogP contribution in [0.2, 0.25) is 0 Å². The molecule has 1 aliphatic rings. The molecule has 2 atom stereocenters. The van der Waals surface area contributed by atoms with Crippen LogP contribution in [0.4, 0.5) is 11.5 Å². The zero-order valence-electron chi connectivity index (χ0n) is 22.2. The minimum atomic E-state index is -0.467. The number of hydrogen-bond acceptors (Lipinski definition) is 8. The number of aromatic amines is 1. The molecule has 0 unspecified atom stereocenters. The normalized spacial score (nSPS) is 17.7. The second-order valence-electron chi connectivity index (χ2n) is 9.87. The molecule has 0 bridgehead atoms. The lowest BCUT2D eigenvalue weighted by Gasteiger charge is -2.37. The smallest absolute Gasteiger partial charge is 0.337 e. The van der Waals surface area contributed by atoms with E-state index >= 15 is 0 Å². The maximum Gasteiger partial charge on any atom is 0.337 e. The minimum Gasteiger partial charge on any atom is -0.493 e. The van der Waals surface area contributed by atoms with Crippen molar-refractivity contribution >= 4 is 22.5 Å². The summed E-state index contributed by atoms with van der Waals surface area (Å²) in [6.07, 6.45) is 2.35. The molecular formula is C28H32N6O5. The Bertz CT molecular complexity index is 1530. The molecule has 0 aliphatic carbocycles. The fraction of sp³-hybridized carbons (Fsp3) is 0.357. The Morgan fingerprint density at radius 2 is 1.90 bits per heavy atom. The lowest BCUT2D eigenvalue weighted by atomic mass is 9.92. The first kappa shape index (κ1) is 26.2. The Morgan fingerprint density at radius 1 is 1.13 bits per heavy atom. The monoisotopic (exact) mass is 532 g/mol. The Balaban J connectivity index is 1.49. The van der Waals surface area contributed by atoms with Crippen molar-refractivity contribution in [2.45, 2.75) is 32.5 Å². The molecule has 2 N–H and O–H groups in total. The van der Waals surface area contributed by atoms with Gasteiger partial charge in [0.2, 0.25) is 5.82 Å². The van der Waals surface area contributed by atoms with Crippen LogP contribution in [0, 0.1) is 16.0 Å². The van der Waals surface area contributed by atoms with Crippen LogP contribution in [0.25, 0.3) is 11.0 Å². The summed E-state index contributed by atoms with van der Waals surface area (Å²) in [6.45, 7) is 4.61. The number of H-pyrrole nitrogens is 1. The first-order chi connectivity index (χ1) is 18.9. The average molecular weight is 533 g/mol. The summed E-state index contributed by atoms with van der Waals surface area (Å²) in [5.74, 6) is 1.40. The van der Waals surface area contributed by atoms with Gasteiger partial charge in [-0.1, -0.05) is 43.3 Å². The zero-order chi connectivity index (χ0) is 27.5. The van der Waals surface area contributed by atoms with Crippen molar-refractivity contribution < 1.29 is 14.4 Å². The molecule has 11 nitrogen and oxygen atoms in total. The molecule has 0 radical (unpaired) electrons. The number of aromatic nitrogens is 3. The zero-order valence-corrected chi connectivity index (χ0v) is 22.2. The third kappa shape index (κ3) is 5.30. The van der Waals surface area contributed by atoms with E-state index in [-0.39, 0.29) is 41.2 Å². The predicted octanol–water partition coefficient (Wildman–Crippen LogP) is 4.35. The molecule has 0 saturated carbocycles. The van der Waals surface area contributed by atoms with E-state index in [1.165, 1.54) is 11.8 Å². The number of rotatable bonds is 9. The molecule has 3 heterocycles. The van der Waals surface area contributed by atoms with Crippen molar-refractivity contribution in [3.63, 3.8) is 0 Å². The topological polar surface area (TPSA) is 128 Å². The number of imidazole rings is 1. The number of piperidine rings is 1. The van der Waals surface area contributed by atoms with Gasteiger partial charge in [-0.15, -0.1) is 0 Å². The maximum atomic E-state index is 13.2. The number of benzene rings is 2. The second-order valence-corrected chi connectivity index (χ2v) is 9.87. The summed E-state index contributed by atoms with van der Waals surface area (Å²) in [6, 6.07) is 15.4. The number of nitro groups is 1. The highest BCUT2D eigenvalue weighted by Crippen LogP contribution is 2.36. The number of fused-ring (bicyclic) bond motifs is 1. The molecule has 11 heteroatoms. The average Bonchev–Trinajstić information content (AvgIpc) is 3.28. The molecule has 1 saturated heterocycles. The van der Waals surface area contributed by atoms with Crippen LogP contribution in [-0.2, 0) is 13.1 Å². The summed E-state index contributed by atoms with van der Waals surface area (Å²) < 4.78 is 12.2. The van der Waals surface area contributed by atoms with Gasteiger partial charge in [0.15, 0.2) is 17.0 Å². The molecule has 1 aliphatic heterocycles. The van der Waals surface area contributed by atoms with Gasteiger partial charge in [-0.25, -0.2) is 9.78 Å². The number of anilines is 1. The minimum absolute atomic E-state index is 0.0969. The van der Waals surface area contributed by atoms with Gasteiger partial charge in [0, 0.05) is 19.6 Å². The van der Waals surface area contributed by atoms with Crippen LogP contribution < -0.4 is 20.5 Å². The van der Waals surface area contributed by atoms with Crippen molar-refractivity contribution in [1.29, 1.82) is 0 Å². The number of likely N-dealkylation sites (tertiary alicyclic amines) is 1. The molecule has 4 aromatic rings. The van der Waals surface area contributed by atoms with Gasteiger partial charge in [0.05, 0.1) is 36.9 Å². The van der Waals surface area contributed by atoms with E-state index in [0.717, 1.165) is 25.1 Å². The molecule has 5 rings (SSSR count). The van der Waals surface area contributed by atoms with E-state index in [4.69, 9.17) is 9.47 Å². The van der Waals surface area contributed by atoms with Gasteiger partial charge >= 0.3 is 11.4 Å². The summed E-state index contributed by atoms with van der Waals surface area (Å²) in [7, 11) is 3.11.